The molecule has 0 atom stereocenters. The molecule has 1 aromatic carbocycles. The summed E-state index contributed by atoms with van der Waals surface area (Å²) in [6.45, 7) is 6.71. The van der Waals surface area contributed by atoms with Crippen LogP contribution in [0.1, 0.15) is 36.3 Å². The Kier molecular flexibility index (Phi) is 6.34. The maximum Gasteiger partial charge on any atom is 0.256 e. The Morgan fingerprint density at radius 1 is 1.38 bits per heavy atom. The topological polar surface area (TPSA) is 56.2 Å². The average Bonchev–Trinajstić information content (AvgIpc) is 2.82. The predicted molar refractivity (Wildman–Crippen MR) is 91.3 cm³/mol. The number of amides is 1. The van der Waals surface area contributed by atoms with Crippen molar-refractivity contribution in [2.24, 2.45) is 0 Å². The fourth-order valence-electron chi connectivity index (χ4n) is 2.19. The van der Waals surface area contributed by atoms with Gasteiger partial charge >= 0.3 is 0 Å². The van der Waals surface area contributed by atoms with Crippen LogP contribution in [0.15, 0.2) is 24.3 Å². The van der Waals surface area contributed by atoms with Crippen LogP contribution in [0.25, 0.3) is 5.69 Å². The minimum absolute atomic E-state index is 0.173. The minimum Gasteiger partial charge on any atom is -0.379 e. The third kappa shape index (κ3) is 4.55. The van der Waals surface area contributed by atoms with Crippen LogP contribution < -0.4 is 5.32 Å². The molecule has 0 aliphatic carbocycles. The summed E-state index contributed by atoms with van der Waals surface area (Å²) in [7, 11) is 0. The van der Waals surface area contributed by atoms with E-state index in [4.69, 9.17) is 16.3 Å². The van der Waals surface area contributed by atoms with Gasteiger partial charge in [0, 0.05) is 13.2 Å². The number of ether oxygens (including phenoxy) is 1. The van der Waals surface area contributed by atoms with Gasteiger partial charge in [-0.1, -0.05) is 11.6 Å². The van der Waals surface area contributed by atoms with Gasteiger partial charge in [-0.2, -0.15) is 5.10 Å². The van der Waals surface area contributed by atoms with E-state index in [0.29, 0.717) is 36.5 Å². The SMILES string of the molecule is Cc1nn(-c2ccc(F)cc2)c(Cl)c1C(=O)NCCCOC(C)C. The van der Waals surface area contributed by atoms with Gasteiger partial charge in [0.1, 0.15) is 11.0 Å². The molecule has 0 unspecified atom stereocenters. The molecule has 1 heterocycles. The number of carbonyl (C=O) groups is 1. The smallest absolute Gasteiger partial charge is 0.256 e. The number of aryl methyl sites for hydroxylation is 1. The number of halogens is 2. The van der Waals surface area contributed by atoms with Crippen molar-refractivity contribution in [2.45, 2.75) is 33.3 Å². The third-order valence-electron chi connectivity index (χ3n) is 3.36. The van der Waals surface area contributed by atoms with E-state index in [1.54, 1.807) is 19.1 Å². The van der Waals surface area contributed by atoms with Crippen molar-refractivity contribution in [2.75, 3.05) is 13.2 Å². The molecule has 2 rings (SSSR count). The second kappa shape index (κ2) is 8.26. The summed E-state index contributed by atoms with van der Waals surface area (Å²) >= 11 is 6.30. The lowest BCUT2D eigenvalue weighted by atomic mass is 10.2. The summed E-state index contributed by atoms with van der Waals surface area (Å²) < 4.78 is 19.9. The van der Waals surface area contributed by atoms with E-state index < -0.39 is 0 Å². The molecule has 0 spiro atoms. The predicted octanol–water partition coefficient (Wildman–Crippen LogP) is 3.52. The van der Waals surface area contributed by atoms with Crippen molar-refractivity contribution < 1.29 is 13.9 Å². The molecule has 2 aromatic rings. The van der Waals surface area contributed by atoms with E-state index in [0.717, 1.165) is 0 Å². The van der Waals surface area contributed by atoms with E-state index in [1.807, 2.05) is 13.8 Å². The van der Waals surface area contributed by atoms with Crippen LogP contribution in [-0.4, -0.2) is 34.9 Å². The summed E-state index contributed by atoms with van der Waals surface area (Å²) in [5, 5.41) is 7.29. The molecular formula is C17H21ClFN3O2. The molecule has 0 bridgehead atoms. The summed E-state index contributed by atoms with van der Waals surface area (Å²) in [5.74, 6) is -0.629. The first-order valence-corrected chi connectivity index (χ1v) is 8.18. The van der Waals surface area contributed by atoms with Gasteiger partial charge < -0.3 is 10.1 Å². The Balaban J connectivity index is 2.05. The van der Waals surface area contributed by atoms with Crippen molar-refractivity contribution in [1.29, 1.82) is 0 Å². The monoisotopic (exact) mass is 353 g/mol. The second-order valence-electron chi connectivity index (χ2n) is 5.67. The molecule has 0 radical (unpaired) electrons. The molecule has 5 nitrogen and oxygen atoms in total. The van der Waals surface area contributed by atoms with Gasteiger partial charge in [0.25, 0.3) is 5.91 Å². The van der Waals surface area contributed by atoms with Crippen LogP contribution in [0.3, 0.4) is 0 Å². The summed E-state index contributed by atoms with van der Waals surface area (Å²) in [6, 6.07) is 5.74. The van der Waals surface area contributed by atoms with Crippen molar-refractivity contribution >= 4 is 17.5 Å². The number of rotatable bonds is 7. The molecular weight excluding hydrogens is 333 g/mol. The highest BCUT2D eigenvalue weighted by Crippen LogP contribution is 2.23. The van der Waals surface area contributed by atoms with E-state index in [-0.39, 0.29) is 23.0 Å². The normalized spacial score (nSPS) is 11.1. The maximum atomic E-state index is 13.0. The van der Waals surface area contributed by atoms with E-state index in [9.17, 15) is 9.18 Å². The highest BCUT2D eigenvalue weighted by Gasteiger charge is 2.20. The number of aromatic nitrogens is 2. The highest BCUT2D eigenvalue weighted by atomic mass is 35.5. The Hall–Kier alpha value is -1.92. The Morgan fingerprint density at radius 3 is 2.67 bits per heavy atom. The number of benzene rings is 1. The zero-order chi connectivity index (χ0) is 17.7. The fraction of sp³-hybridized carbons (Fsp3) is 0.412. The van der Waals surface area contributed by atoms with Crippen molar-refractivity contribution in [3.05, 3.63) is 46.5 Å². The number of nitrogens with zero attached hydrogens (tertiary/aromatic N) is 2. The molecule has 7 heteroatoms. The van der Waals surface area contributed by atoms with Crippen molar-refractivity contribution in [1.82, 2.24) is 15.1 Å². The first-order valence-electron chi connectivity index (χ1n) is 7.81. The van der Waals surface area contributed by atoms with Crippen LogP contribution in [0.4, 0.5) is 4.39 Å². The first kappa shape index (κ1) is 18.4. The van der Waals surface area contributed by atoms with E-state index >= 15 is 0 Å². The molecule has 1 N–H and O–H groups in total. The first-order chi connectivity index (χ1) is 11.4. The number of hydrogen-bond donors (Lipinski definition) is 1. The lowest BCUT2D eigenvalue weighted by molar-refractivity contribution is 0.0757. The average molecular weight is 354 g/mol. The molecule has 0 saturated carbocycles. The number of hydrogen-bond acceptors (Lipinski definition) is 3. The van der Waals surface area contributed by atoms with Gasteiger partial charge in [-0.25, -0.2) is 9.07 Å². The zero-order valence-electron chi connectivity index (χ0n) is 14.0. The van der Waals surface area contributed by atoms with E-state index in [1.165, 1.54) is 16.8 Å². The molecule has 0 aliphatic rings. The molecule has 1 amide bonds. The van der Waals surface area contributed by atoms with Gasteiger partial charge in [-0.3, -0.25) is 4.79 Å². The zero-order valence-corrected chi connectivity index (χ0v) is 14.7. The van der Waals surface area contributed by atoms with Gasteiger partial charge in [0.15, 0.2) is 0 Å². The van der Waals surface area contributed by atoms with Gasteiger partial charge in [0.05, 0.1) is 23.0 Å². The summed E-state index contributed by atoms with van der Waals surface area (Å²) in [6.07, 6.45) is 0.887. The Bertz CT molecular complexity index is 699. The lowest BCUT2D eigenvalue weighted by Gasteiger charge is -2.08. The molecule has 0 fully saturated rings. The van der Waals surface area contributed by atoms with Crippen LogP contribution in [0.2, 0.25) is 5.15 Å². The quantitative estimate of drug-likeness (QED) is 0.775. The van der Waals surface area contributed by atoms with Gasteiger partial charge in [-0.05, 0) is 51.5 Å². The van der Waals surface area contributed by atoms with E-state index in [2.05, 4.69) is 10.4 Å². The fourth-order valence-corrected chi connectivity index (χ4v) is 2.55. The third-order valence-corrected chi connectivity index (χ3v) is 3.71. The maximum absolute atomic E-state index is 13.0. The molecule has 1 aromatic heterocycles. The summed E-state index contributed by atoms with van der Waals surface area (Å²) in [4.78, 5) is 12.3. The largest absolute Gasteiger partial charge is 0.379 e. The second-order valence-corrected chi connectivity index (χ2v) is 6.03. The van der Waals surface area contributed by atoms with Crippen molar-refractivity contribution in [3.8, 4) is 5.69 Å². The van der Waals surface area contributed by atoms with Gasteiger partial charge in [0.2, 0.25) is 0 Å². The van der Waals surface area contributed by atoms with Crippen LogP contribution >= 0.6 is 11.6 Å². The molecule has 0 aliphatic heterocycles. The van der Waals surface area contributed by atoms with Gasteiger partial charge in [-0.15, -0.1) is 0 Å². The Labute approximate surface area is 145 Å². The van der Waals surface area contributed by atoms with Crippen molar-refractivity contribution in [3.63, 3.8) is 0 Å². The number of nitrogens with one attached hydrogen (secondary N) is 1. The molecule has 24 heavy (non-hydrogen) atoms. The minimum atomic E-state index is -0.347. The van der Waals surface area contributed by atoms with Crippen LogP contribution in [0, 0.1) is 12.7 Å². The Morgan fingerprint density at radius 2 is 2.04 bits per heavy atom. The summed E-state index contributed by atoms with van der Waals surface area (Å²) in [5.41, 5.74) is 1.43. The van der Waals surface area contributed by atoms with Crippen LogP contribution in [0.5, 0.6) is 0 Å². The number of carbonyl (C=O) groups excluding carboxylic acids is 1. The molecule has 130 valence electrons. The van der Waals surface area contributed by atoms with Crippen LogP contribution in [-0.2, 0) is 4.74 Å². The highest BCUT2D eigenvalue weighted by molar-refractivity contribution is 6.33. The lowest BCUT2D eigenvalue weighted by Crippen LogP contribution is -2.26. The molecule has 0 saturated heterocycles. The standard InChI is InChI=1S/C17H21ClFN3O2/c1-11(2)24-10-4-9-20-17(23)15-12(3)21-22(16(15)18)14-7-5-13(19)6-8-14/h5-8,11H,4,9-10H2,1-3H3,(H,20,23).